The van der Waals surface area contributed by atoms with Crippen LogP contribution in [0.25, 0.3) is 10.8 Å². The Morgan fingerprint density at radius 1 is 1.00 bits per heavy atom. The van der Waals surface area contributed by atoms with Gasteiger partial charge in [0, 0.05) is 5.56 Å². The zero-order valence-corrected chi connectivity index (χ0v) is 12.0. The minimum Gasteiger partial charge on any atom is -0.490 e. The normalized spacial score (nSPS) is 16.4. The van der Waals surface area contributed by atoms with Crippen LogP contribution in [-0.2, 0) is 6.42 Å². The van der Waals surface area contributed by atoms with E-state index in [2.05, 4.69) is 36.4 Å². The third kappa shape index (κ3) is 2.80. The molecule has 1 aliphatic rings. The van der Waals surface area contributed by atoms with Crippen molar-refractivity contribution in [2.45, 2.75) is 44.6 Å². The molecular formula is C18H23NO. The topological polar surface area (TPSA) is 35.2 Å². The Bertz CT molecular complexity index is 573. The number of hydrogen-bond donors (Lipinski definition) is 1. The van der Waals surface area contributed by atoms with Gasteiger partial charge in [-0.15, -0.1) is 0 Å². The van der Waals surface area contributed by atoms with Gasteiger partial charge in [-0.1, -0.05) is 36.8 Å². The molecule has 0 saturated heterocycles. The van der Waals surface area contributed by atoms with E-state index in [0.29, 0.717) is 12.6 Å². The van der Waals surface area contributed by atoms with Gasteiger partial charge in [0.1, 0.15) is 5.75 Å². The summed E-state index contributed by atoms with van der Waals surface area (Å²) < 4.78 is 6.29. The Labute approximate surface area is 120 Å². The number of rotatable bonds is 4. The second-order valence-corrected chi connectivity index (χ2v) is 5.68. The summed E-state index contributed by atoms with van der Waals surface area (Å²) in [4.78, 5) is 0. The van der Waals surface area contributed by atoms with E-state index in [4.69, 9.17) is 10.5 Å². The highest BCUT2D eigenvalue weighted by molar-refractivity contribution is 5.87. The maximum absolute atomic E-state index is 6.29. The van der Waals surface area contributed by atoms with Gasteiger partial charge in [0.05, 0.1) is 6.10 Å². The highest BCUT2D eigenvalue weighted by atomic mass is 16.5. The summed E-state index contributed by atoms with van der Waals surface area (Å²) in [6.45, 7) is 0.662. The first-order valence-corrected chi connectivity index (χ1v) is 7.76. The first-order chi connectivity index (χ1) is 9.88. The van der Waals surface area contributed by atoms with Gasteiger partial charge in [-0.25, -0.2) is 0 Å². The molecule has 0 aromatic heterocycles. The lowest BCUT2D eigenvalue weighted by Gasteiger charge is -2.25. The van der Waals surface area contributed by atoms with Crippen LogP contribution >= 0.6 is 0 Å². The molecule has 0 amide bonds. The molecule has 0 bridgehead atoms. The molecule has 20 heavy (non-hydrogen) atoms. The molecule has 0 aliphatic heterocycles. The second-order valence-electron chi connectivity index (χ2n) is 5.68. The molecule has 2 nitrogen and oxygen atoms in total. The average molecular weight is 269 g/mol. The molecule has 0 spiro atoms. The molecule has 2 aromatic carbocycles. The van der Waals surface area contributed by atoms with Crippen LogP contribution in [0.2, 0.25) is 0 Å². The number of fused-ring (bicyclic) bond motifs is 1. The molecule has 0 heterocycles. The zero-order chi connectivity index (χ0) is 13.8. The smallest absolute Gasteiger partial charge is 0.123 e. The molecule has 0 atom stereocenters. The number of hydrogen-bond acceptors (Lipinski definition) is 2. The Kier molecular flexibility index (Phi) is 4.22. The van der Waals surface area contributed by atoms with E-state index in [1.54, 1.807) is 0 Å². The van der Waals surface area contributed by atoms with Crippen molar-refractivity contribution in [1.29, 1.82) is 0 Å². The molecule has 2 heteroatoms. The summed E-state index contributed by atoms with van der Waals surface area (Å²) in [5, 5.41) is 2.55. The molecule has 1 aliphatic carbocycles. The van der Waals surface area contributed by atoms with Gasteiger partial charge in [0.25, 0.3) is 0 Å². The molecule has 0 radical (unpaired) electrons. The highest BCUT2D eigenvalue weighted by Gasteiger charge is 2.17. The third-order valence-corrected chi connectivity index (χ3v) is 4.24. The van der Waals surface area contributed by atoms with E-state index in [1.807, 2.05) is 0 Å². The highest BCUT2D eigenvalue weighted by Crippen LogP contribution is 2.31. The monoisotopic (exact) mass is 269 g/mol. The van der Waals surface area contributed by atoms with E-state index in [1.165, 1.54) is 48.4 Å². The summed E-state index contributed by atoms with van der Waals surface area (Å²) in [5.74, 6) is 1.04. The minimum atomic E-state index is 0.390. The molecule has 1 saturated carbocycles. The fraction of sp³-hybridized carbons (Fsp3) is 0.444. The van der Waals surface area contributed by atoms with Crippen LogP contribution in [0.1, 0.15) is 37.7 Å². The maximum atomic E-state index is 6.29. The number of ether oxygens (including phenoxy) is 1. The fourth-order valence-electron chi connectivity index (χ4n) is 3.19. The zero-order valence-electron chi connectivity index (χ0n) is 12.0. The molecule has 2 aromatic rings. The Hall–Kier alpha value is -1.54. The summed E-state index contributed by atoms with van der Waals surface area (Å²) in [6, 6.07) is 12.8. The summed E-state index contributed by atoms with van der Waals surface area (Å²) >= 11 is 0. The van der Waals surface area contributed by atoms with Crippen molar-refractivity contribution in [2.75, 3.05) is 6.54 Å². The van der Waals surface area contributed by atoms with Gasteiger partial charge in [0.15, 0.2) is 0 Å². The third-order valence-electron chi connectivity index (χ3n) is 4.24. The number of benzene rings is 2. The summed E-state index contributed by atoms with van der Waals surface area (Å²) in [5.41, 5.74) is 7.07. The first-order valence-electron chi connectivity index (χ1n) is 7.76. The molecule has 3 rings (SSSR count). The molecule has 0 unspecified atom stereocenters. The maximum Gasteiger partial charge on any atom is 0.123 e. The quantitative estimate of drug-likeness (QED) is 0.908. The van der Waals surface area contributed by atoms with Gasteiger partial charge >= 0.3 is 0 Å². The lowest BCUT2D eigenvalue weighted by atomic mass is 9.97. The Morgan fingerprint density at radius 3 is 2.60 bits per heavy atom. The molecular weight excluding hydrogens is 246 g/mol. The predicted molar refractivity (Wildman–Crippen MR) is 84.2 cm³/mol. The van der Waals surface area contributed by atoms with Crippen molar-refractivity contribution in [2.24, 2.45) is 5.73 Å². The van der Waals surface area contributed by atoms with E-state index in [9.17, 15) is 0 Å². The lowest BCUT2D eigenvalue weighted by molar-refractivity contribution is 0.154. The van der Waals surface area contributed by atoms with Crippen molar-refractivity contribution < 1.29 is 4.74 Å². The van der Waals surface area contributed by atoms with Crippen LogP contribution in [0.15, 0.2) is 36.4 Å². The molecule has 1 fully saturated rings. The van der Waals surface area contributed by atoms with Crippen LogP contribution in [-0.4, -0.2) is 12.6 Å². The van der Waals surface area contributed by atoms with Crippen LogP contribution in [0.5, 0.6) is 5.75 Å². The summed E-state index contributed by atoms with van der Waals surface area (Å²) in [7, 11) is 0. The van der Waals surface area contributed by atoms with E-state index in [-0.39, 0.29) is 0 Å². The minimum absolute atomic E-state index is 0.390. The van der Waals surface area contributed by atoms with Crippen molar-refractivity contribution in [3.8, 4) is 5.75 Å². The number of nitrogens with two attached hydrogens (primary N) is 1. The second kappa shape index (κ2) is 6.27. The predicted octanol–water partition coefficient (Wildman–Crippen LogP) is 4.05. The molecule has 2 N–H and O–H groups in total. The summed E-state index contributed by atoms with van der Waals surface area (Å²) in [6.07, 6.45) is 7.59. The van der Waals surface area contributed by atoms with Crippen LogP contribution in [0, 0.1) is 0 Å². The Balaban J connectivity index is 1.94. The van der Waals surface area contributed by atoms with Gasteiger partial charge in [0.2, 0.25) is 0 Å². The van der Waals surface area contributed by atoms with Crippen molar-refractivity contribution in [3.05, 3.63) is 42.0 Å². The van der Waals surface area contributed by atoms with Crippen LogP contribution in [0.4, 0.5) is 0 Å². The lowest BCUT2D eigenvalue weighted by Crippen LogP contribution is -2.20. The standard InChI is InChI=1S/C18H23NO/c19-13-12-17-16-9-5-4-6-14(16)10-11-18(17)20-15-7-2-1-3-8-15/h4-6,9-11,15H,1-3,7-8,12-13,19H2. The Morgan fingerprint density at radius 2 is 1.80 bits per heavy atom. The van der Waals surface area contributed by atoms with E-state index in [0.717, 1.165) is 12.2 Å². The van der Waals surface area contributed by atoms with Gasteiger partial charge in [-0.2, -0.15) is 0 Å². The molecule has 106 valence electrons. The SMILES string of the molecule is NCCc1c(OC2CCCCC2)ccc2ccccc12. The van der Waals surface area contributed by atoms with Crippen LogP contribution < -0.4 is 10.5 Å². The van der Waals surface area contributed by atoms with Crippen molar-refractivity contribution in [1.82, 2.24) is 0 Å². The largest absolute Gasteiger partial charge is 0.490 e. The van der Waals surface area contributed by atoms with Gasteiger partial charge < -0.3 is 10.5 Å². The van der Waals surface area contributed by atoms with Crippen molar-refractivity contribution >= 4 is 10.8 Å². The van der Waals surface area contributed by atoms with Crippen LogP contribution in [0.3, 0.4) is 0 Å². The first kappa shape index (κ1) is 13.4. The van der Waals surface area contributed by atoms with E-state index >= 15 is 0 Å². The van der Waals surface area contributed by atoms with E-state index < -0.39 is 0 Å². The average Bonchev–Trinajstić information content (AvgIpc) is 2.51. The van der Waals surface area contributed by atoms with Crippen molar-refractivity contribution in [3.63, 3.8) is 0 Å². The van der Waals surface area contributed by atoms with Gasteiger partial charge in [-0.05, 0) is 55.5 Å². The fourth-order valence-corrected chi connectivity index (χ4v) is 3.19. The van der Waals surface area contributed by atoms with Gasteiger partial charge in [-0.3, -0.25) is 0 Å².